The molecular formula is C48H36N16. The number of benzene rings is 1. The smallest absolute Gasteiger partial charge is 0.180 e. The second-order valence-electron chi connectivity index (χ2n) is 18.9. The molecule has 0 spiro atoms. The average molecular weight is 837 g/mol. The Labute approximate surface area is 363 Å². The number of aromatic nitrogens is 4. The highest BCUT2D eigenvalue weighted by Crippen LogP contribution is 2.50. The lowest BCUT2D eigenvalue weighted by Gasteiger charge is -2.38. The maximum absolute atomic E-state index is 5.44. The molecule has 0 saturated heterocycles. The molecule has 0 amide bonds. The zero-order valence-corrected chi connectivity index (χ0v) is 34.2. The van der Waals surface area contributed by atoms with Crippen LogP contribution in [0.15, 0.2) is 122 Å². The van der Waals surface area contributed by atoms with Crippen molar-refractivity contribution >= 4 is 80.1 Å². The standard InChI is InChI=1S/C48H36N16/c1-2-18-4-3-17(1)25-26(18)50-34-33(49-25)41-57-42(34)62-44-37-38(54-30-22-11-9-21(10-12-22)29(30)53-37)46(59-44)64-48-40-39(55-31-23-13-15-24(16-14-23)32(31)56-40)47(60-48)63-45-36-35(43(58-45)61-41)51-27-19-5-7-20(8-6-19)28(27)52-36/h1-2,5,7,9,11,13,15,17-18,28,32,38,40,52,54,56,58,63H,3-4,6,8,10,12,14,16H2,(H,57,59,60,61,62,64). The van der Waals surface area contributed by atoms with E-state index in [4.69, 9.17) is 49.9 Å². The van der Waals surface area contributed by atoms with Crippen molar-refractivity contribution in [3.8, 4) is 0 Å². The molecule has 6 aliphatic heterocycles. The molecule has 2 fully saturated rings. The third kappa shape index (κ3) is 4.22. The lowest BCUT2D eigenvalue weighted by Crippen LogP contribution is -2.53. The van der Waals surface area contributed by atoms with Gasteiger partial charge in [0, 0.05) is 11.8 Å². The van der Waals surface area contributed by atoms with Crippen molar-refractivity contribution in [1.82, 2.24) is 25.3 Å². The van der Waals surface area contributed by atoms with Gasteiger partial charge in [0.15, 0.2) is 40.1 Å². The lowest BCUT2D eigenvalue weighted by atomic mass is 9.76. The van der Waals surface area contributed by atoms with E-state index in [0.717, 1.165) is 96.9 Å². The summed E-state index contributed by atoms with van der Waals surface area (Å²) in [7, 11) is 0. The fourth-order valence-corrected chi connectivity index (χ4v) is 12.2. The molecule has 21 rings (SSSR count). The summed E-state index contributed by atoms with van der Waals surface area (Å²) >= 11 is 0. The molecular weight excluding hydrogens is 801 g/mol. The van der Waals surface area contributed by atoms with E-state index < -0.39 is 12.1 Å². The van der Waals surface area contributed by atoms with Gasteiger partial charge in [-0.1, -0.05) is 48.6 Å². The maximum Gasteiger partial charge on any atom is 0.180 e. The lowest BCUT2D eigenvalue weighted by molar-refractivity contribution is 0.529. The molecule has 308 valence electrons. The van der Waals surface area contributed by atoms with Crippen LogP contribution in [-0.4, -0.2) is 78.7 Å². The monoisotopic (exact) mass is 836 g/mol. The number of nitrogens with one attached hydrogen (secondary N) is 6. The summed E-state index contributed by atoms with van der Waals surface area (Å²) in [4.78, 5) is 60.9. The van der Waals surface area contributed by atoms with Crippen LogP contribution in [0.5, 0.6) is 0 Å². The van der Waals surface area contributed by atoms with E-state index in [0.29, 0.717) is 68.4 Å². The summed E-state index contributed by atoms with van der Waals surface area (Å²) < 4.78 is 0. The Morgan fingerprint density at radius 2 is 1.23 bits per heavy atom. The van der Waals surface area contributed by atoms with Crippen LogP contribution < -0.4 is 32.2 Å². The first-order valence-electron chi connectivity index (χ1n) is 22.7. The van der Waals surface area contributed by atoms with E-state index in [1.165, 1.54) is 33.4 Å². The second-order valence-corrected chi connectivity index (χ2v) is 18.9. The summed E-state index contributed by atoms with van der Waals surface area (Å²) in [6.45, 7) is 0. The molecule has 16 heteroatoms. The molecule has 11 aliphatic carbocycles. The van der Waals surface area contributed by atoms with Crippen LogP contribution >= 0.6 is 0 Å². The zero-order chi connectivity index (χ0) is 41.1. The first-order chi connectivity index (χ1) is 31.6. The number of allylic oxidation sites excluding steroid dienone is 6. The highest BCUT2D eigenvalue weighted by Gasteiger charge is 2.45. The topological polar surface area (TPSA) is 204 Å². The Morgan fingerprint density at radius 3 is 1.98 bits per heavy atom. The van der Waals surface area contributed by atoms with Crippen LogP contribution in [0.4, 0.5) is 34.4 Å². The molecule has 17 aliphatic rings. The van der Waals surface area contributed by atoms with E-state index in [1.807, 2.05) is 0 Å². The van der Waals surface area contributed by atoms with Crippen molar-refractivity contribution in [3.63, 3.8) is 0 Å². The van der Waals surface area contributed by atoms with Gasteiger partial charge in [-0.15, -0.1) is 0 Å². The molecule has 16 nitrogen and oxygen atoms in total. The quantitative estimate of drug-likeness (QED) is 0.120. The van der Waals surface area contributed by atoms with Crippen LogP contribution in [0.1, 0.15) is 72.9 Å². The van der Waals surface area contributed by atoms with Crippen molar-refractivity contribution < 1.29 is 0 Å². The van der Waals surface area contributed by atoms with Crippen LogP contribution in [0, 0.1) is 0 Å². The molecule has 1 aromatic carbocycles. The van der Waals surface area contributed by atoms with Crippen molar-refractivity contribution in [1.29, 1.82) is 0 Å². The van der Waals surface area contributed by atoms with E-state index in [1.54, 1.807) is 0 Å². The predicted molar refractivity (Wildman–Crippen MR) is 245 cm³/mol. The van der Waals surface area contributed by atoms with Crippen molar-refractivity contribution in [3.05, 3.63) is 116 Å². The van der Waals surface area contributed by atoms with Gasteiger partial charge in [0.1, 0.15) is 51.7 Å². The van der Waals surface area contributed by atoms with E-state index >= 15 is 0 Å². The van der Waals surface area contributed by atoms with Gasteiger partial charge in [-0.05, 0) is 84.8 Å². The summed E-state index contributed by atoms with van der Waals surface area (Å²) in [6.07, 6.45) is 21.5. The molecule has 16 bridgehead atoms. The summed E-state index contributed by atoms with van der Waals surface area (Å²) in [5.41, 5.74) is 19.1. The van der Waals surface area contributed by atoms with Crippen LogP contribution in [-0.2, 0) is 12.8 Å². The molecule has 6 N–H and O–H groups in total. The number of hydrogen-bond donors (Lipinski definition) is 6. The maximum atomic E-state index is 5.44. The van der Waals surface area contributed by atoms with E-state index in [9.17, 15) is 0 Å². The molecule has 64 heavy (non-hydrogen) atoms. The largest absolute Gasteiger partial charge is 0.368 e. The van der Waals surface area contributed by atoms with E-state index in [-0.39, 0.29) is 23.9 Å². The van der Waals surface area contributed by atoms with Crippen LogP contribution in [0.2, 0.25) is 0 Å². The number of nitrogens with zero attached hydrogens (tertiary/aromatic N) is 10. The molecule has 3 aromatic heterocycles. The zero-order valence-electron chi connectivity index (χ0n) is 34.2. The molecule has 2 saturated carbocycles. The highest BCUT2D eigenvalue weighted by molar-refractivity contribution is 6.55. The number of H-pyrrole nitrogens is 2. The second kappa shape index (κ2) is 11.4. The van der Waals surface area contributed by atoms with Gasteiger partial charge in [0.25, 0.3) is 0 Å². The third-order valence-corrected chi connectivity index (χ3v) is 15.5. The van der Waals surface area contributed by atoms with Gasteiger partial charge < -0.3 is 25.9 Å². The third-order valence-electron chi connectivity index (χ3n) is 15.5. The Kier molecular flexibility index (Phi) is 5.89. The normalized spacial score (nSPS) is 29.2. The fraction of sp³-hybridized carbons (Fsp3) is 0.292. The number of amidine groups is 3. The minimum absolute atomic E-state index is 0.00954. The van der Waals surface area contributed by atoms with Crippen molar-refractivity contribution in [2.45, 2.75) is 87.4 Å². The summed E-state index contributed by atoms with van der Waals surface area (Å²) in [6, 6.07) is 3.52. The minimum Gasteiger partial charge on any atom is -0.368 e. The molecule has 4 aromatic rings. The predicted octanol–water partition coefficient (Wildman–Crippen LogP) is 5.84. The van der Waals surface area contributed by atoms with Gasteiger partial charge >= 0.3 is 0 Å². The molecule has 6 atom stereocenters. The summed E-state index contributed by atoms with van der Waals surface area (Å²) in [5, 5.41) is 15.4. The number of aliphatic imine (C=N–C) groups is 6. The highest BCUT2D eigenvalue weighted by atomic mass is 15.3. The SMILES string of the molecule is C1=CC2CCC1c1nc3c4[nH]c(c3nc12)=Nc1[nH]c(c2c1N=C1C3=CC=C(CC3)C1N2)NC1=C2N=C3C5=CC=C(CC5)C3NC2C(=N1)N=C1N=C(N=4)C2=Nc3c4ccc(c3NC12)CC4. The fourth-order valence-electron chi connectivity index (χ4n) is 12.2. The Balaban J connectivity index is 0.943. The Morgan fingerprint density at radius 1 is 0.531 bits per heavy atom. The first kappa shape index (κ1) is 33.1. The number of fused-ring (bicyclic) bond motifs is 24. The Hall–Kier alpha value is -7.46. The van der Waals surface area contributed by atoms with Crippen LogP contribution in [0.25, 0.3) is 11.0 Å². The van der Waals surface area contributed by atoms with Gasteiger partial charge in [-0.3, -0.25) is 5.32 Å². The van der Waals surface area contributed by atoms with E-state index in [2.05, 4.69) is 79.8 Å². The molecule has 6 unspecified atom stereocenters. The van der Waals surface area contributed by atoms with Gasteiger partial charge in [0.05, 0.1) is 46.3 Å². The average Bonchev–Trinajstić information content (AvgIpc) is 4.08. The van der Waals surface area contributed by atoms with Gasteiger partial charge in [-0.2, -0.15) is 0 Å². The number of rotatable bonds is 0. The molecule has 9 heterocycles. The number of anilines is 3. The number of aromatic amines is 2. The van der Waals surface area contributed by atoms with Crippen molar-refractivity contribution in [2.24, 2.45) is 39.9 Å². The van der Waals surface area contributed by atoms with Gasteiger partial charge in [-0.25, -0.2) is 49.9 Å². The number of hydrogen-bond acceptors (Lipinski definition) is 14. The molecule has 0 radical (unpaired) electrons. The summed E-state index contributed by atoms with van der Waals surface area (Å²) in [5.74, 6) is 3.87. The Bertz CT molecular complexity index is 3610. The minimum atomic E-state index is -0.451. The first-order valence-corrected chi connectivity index (χ1v) is 22.7. The van der Waals surface area contributed by atoms with Crippen LogP contribution in [0.3, 0.4) is 0 Å². The van der Waals surface area contributed by atoms with Gasteiger partial charge in [0.2, 0.25) is 0 Å². The van der Waals surface area contributed by atoms with Crippen molar-refractivity contribution in [2.75, 3.05) is 16.0 Å². The number of aryl methyl sites for hydroxylation is 2.